The molecule has 35 heavy (non-hydrogen) atoms. The number of aryl methyl sites for hydroxylation is 1. The van der Waals surface area contributed by atoms with Crippen LogP contribution in [0.1, 0.15) is 40.9 Å². The SMILES string of the molecule is COc1ccc(COc2ccc(C=NNC(=O)C(NC(=O)c3ccc(C)cc3)C(C)C)cc2)cc1. The van der Waals surface area contributed by atoms with Crippen molar-refractivity contribution in [1.82, 2.24) is 10.7 Å². The summed E-state index contributed by atoms with van der Waals surface area (Å²) in [5.41, 5.74) is 5.92. The number of amides is 2. The summed E-state index contributed by atoms with van der Waals surface area (Å²) in [6, 6.07) is 21.5. The van der Waals surface area contributed by atoms with E-state index >= 15 is 0 Å². The summed E-state index contributed by atoms with van der Waals surface area (Å²) >= 11 is 0. The molecule has 0 aliphatic carbocycles. The molecule has 0 bridgehead atoms. The van der Waals surface area contributed by atoms with Gasteiger partial charge in [0.1, 0.15) is 24.1 Å². The van der Waals surface area contributed by atoms with Crippen molar-refractivity contribution >= 4 is 18.0 Å². The zero-order valence-electron chi connectivity index (χ0n) is 20.4. The minimum Gasteiger partial charge on any atom is -0.497 e. The third kappa shape index (κ3) is 7.71. The van der Waals surface area contributed by atoms with Gasteiger partial charge < -0.3 is 14.8 Å². The van der Waals surface area contributed by atoms with Crippen LogP contribution < -0.4 is 20.2 Å². The molecule has 3 aromatic carbocycles. The Morgan fingerprint density at radius 1 is 0.914 bits per heavy atom. The molecule has 7 nitrogen and oxygen atoms in total. The number of ether oxygens (including phenoxy) is 2. The Balaban J connectivity index is 1.51. The Morgan fingerprint density at radius 2 is 1.54 bits per heavy atom. The summed E-state index contributed by atoms with van der Waals surface area (Å²) < 4.78 is 11.0. The Labute approximate surface area is 206 Å². The van der Waals surface area contributed by atoms with E-state index in [1.807, 2.05) is 81.4 Å². The number of benzene rings is 3. The van der Waals surface area contributed by atoms with Gasteiger partial charge in [-0.25, -0.2) is 5.43 Å². The molecule has 0 aliphatic heterocycles. The van der Waals surface area contributed by atoms with Gasteiger partial charge >= 0.3 is 0 Å². The predicted molar refractivity (Wildman–Crippen MR) is 137 cm³/mol. The minimum atomic E-state index is -0.713. The molecule has 0 aliphatic rings. The molecule has 0 radical (unpaired) electrons. The quantitative estimate of drug-likeness (QED) is 0.335. The maximum Gasteiger partial charge on any atom is 0.262 e. The van der Waals surface area contributed by atoms with E-state index in [9.17, 15) is 9.59 Å². The van der Waals surface area contributed by atoms with Crippen LogP contribution in [-0.2, 0) is 11.4 Å². The molecule has 2 amide bonds. The summed E-state index contributed by atoms with van der Waals surface area (Å²) in [5, 5.41) is 6.84. The van der Waals surface area contributed by atoms with E-state index in [1.54, 1.807) is 25.5 Å². The maximum absolute atomic E-state index is 12.6. The molecule has 182 valence electrons. The van der Waals surface area contributed by atoms with Crippen molar-refractivity contribution in [1.29, 1.82) is 0 Å². The highest BCUT2D eigenvalue weighted by atomic mass is 16.5. The Bertz CT molecular complexity index is 1140. The average molecular weight is 474 g/mol. The number of hydrogen-bond donors (Lipinski definition) is 2. The summed E-state index contributed by atoms with van der Waals surface area (Å²) in [5.74, 6) is 0.740. The Hall–Kier alpha value is -4.13. The van der Waals surface area contributed by atoms with Gasteiger partial charge in [0.25, 0.3) is 11.8 Å². The third-order valence-corrected chi connectivity index (χ3v) is 5.38. The van der Waals surface area contributed by atoms with Crippen LogP contribution in [0.5, 0.6) is 11.5 Å². The van der Waals surface area contributed by atoms with E-state index in [1.165, 1.54) is 0 Å². The molecule has 0 saturated heterocycles. The summed E-state index contributed by atoms with van der Waals surface area (Å²) in [6.45, 7) is 6.13. The second-order valence-corrected chi connectivity index (χ2v) is 8.50. The van der Waals surface area contributed by atoms with Gasteiger partial charge in [0.05, 0.1) is 13.3 Å². The van der Waals surface area contributed by atoms with E-state index in [4.69, 9.17) is 9.47 Å². The zero-order chi connectivity index (χ0) is 25.2. The van der Waals surface area contributed by atoms with Gasteiger partial charge in [-0.15, -0.1) is 0 Å². The molecule has 7 heteroatoms. The number of nitrogens with zero attached hydrogens (tertiary/aromatic N) is 1. The molecule has 2 N–H and O–H groups in total. The van der Waals surface area contributed by atoms with E-state index < -0.39 is 6.04 Å². The van der Waals surface area contributed by atoms with Gasteiger partial charge in [-0.05, 0) is 72.5 Å². The van der Waals surface area contributed by atoms with Gasteiger partial charge in [-0.2, -0.15) is 5.10 Å². The van der Waals surface area contributed by atoms with E-state index in [0.29, 0.717) is 12.2 Å². The molecule has 0 spiro atoms. The van der Waals surface area contributed by atoms with Gasteiger partial charge in [0.2, 0.25) is 0 Å². The summed E-state index contributed by atoms with van der Waals surface area (Å²) in [4.78, 5) is 25.2. The largest absolute Gasteiger partial charge is 0.497 e. The van der Waals surface area contributed by atoms with Crippen molar-refractivity contribution in [3.8, 4) is 11.5 Å². The molecule has 1 atom stereocenters. The minimum absolute atomic E-state index is 0.110. The number of hydrogen-bond acceptors (Lipinski definition) is 5. The molecule has 0 heterocycles. The van der Waals surface area contributed by atoms with Gasteiger partial charge in [-0.3, -0.25) is 9.59 Å². The Morgan fingerprint density at radius 3 is 2.14 bits per heavy atom. The maximum atomic E-state index is 12.6. The number of carbonyl (C=O) groups excluding carboxylic acids is 2. The first-order chi connectivity index (χ1) is 16.9. The van der Waals surface area contributed by atoms with Gasteiger partial charge in [0, 0.05) is 5.56 Å². The van der Waals surface area contributed by atoms with Crippen molar-refractivity contribution in [2.45, 2.75) is 33.4 Å². The number of carbonyl (C=O) groups is 2. The fraction of sp³-hybridized carbons (Fsp3) is 0.250. The van der Waals surface area contributed by atoms with Gasteiger partial charge in [0.15, 0.2) is 0 Å². The average Bonchev–Trinajstić information content (AvgIpc) is 2.87. The summed E-state index contributed by atoms with van der Waals surface area (Å²) in [7, 11) is 1.63. The first-order valence-corrected chi connectivity index (χ1v) is 11.4. The highest BCUT2D eigenvalue weighted by Gasteiger charge is 2.24. The molecule has 0 fully saturated rings. The van der Waals surface area contributed by atoms with Crippen LogP contribution >= 0.6 is 0 Å². The van der Waals surface area contributed by atoms with Crippen LogP contribution in [0, 0.1) is 12.8 Å². The number of nitrogens with one attached hydrogen (secondary N) is 2. The van der Waals surface area contributed by atoms with Crippen LogP contribution in [0.3, 0.4) is 0 Å². The molecule has 1 unspecified atom stereocenters. The van der Waals surface area contributed by atoms with E-state index in [-0.39, 0.29) is 17.7 Å². The molecule has 3 rings (SSSR count). The number of hydrazone groups is 1. The lowest BCUT2D eigenvalue weighted by Gasteiger charge is -2.20. The number of methoxy groups -OCH3 is 1. The van der Waals surface area contributed by atoms with Crippen molar-refractivity contribution in [3.63, 3.8) is 0 Å². The van der Waals surface area contributed by atoms with Crippen LogP contribution in [0.4, 0.5) is 0 Å². The van der Waals surface area contributed by atoms with Crippen LogP contribution in [-0.4, -0.2) is 31.2 Å². The fourth-order valence-electron chi connectivity index (χ4n) is 3.24. The second-order valence-electron chi connectivity index (χ2n) is 8.50. The van der Waals surface area contributed by atoms with Crippen molar-refractivity contribution in [2.24, 2.45) is 11.0 Å². The lowest BCUT2D eigenvalue weighted by molar-refractivity contribution is -0.123. The molecule has 0 saturated carbocycles. The first-order valence-electron chi connectivity index (χ1n) is 11.4. The van der Waals surface area contributed by atoms with Crippen LogP contribution in [0.25, 0.3) is 0 Å². The van der Waals surface area contributed by atoms with Crippen molar-refractivity contribution in [2.75, 3.05) is 7.11 Å². The topological polar surface area (TPSA) is 89.0 Å². The van der Waals surface area contributed by atoms with E-state index in [2.05, 4.69) is 15.8 Å². The molecule has 0 aromatic heterocycles. The number of rotatable bonds is 10. The smallest absolute Gasteiger partial charge is 0.262 e. The predicted octanol–water partition coefficient (Wildman–Crippen LogP) is 4.49. The fourth-order valence-corrected chi connectivity index (χ4v) is 3.24. The Kier molecular flexibility index (Phi) is 9.01. The lowest BCUT2D eigenvalue weighted by Crippen LogP contribution is -2.48. The van der Waals surface area contributed by atoms with Crippen LogP contribution in [0.2, 0.25) is 0 Å². The molecular weight excluding hydrogens is 442 g/mol. The third-order valence-electron chi connectivity index (χ3n) is 5.38. The first kappa shape index (κ1) is 25.5. The normalized spacial score (nSPS) is 11.8. The molecule has 3 aromatic rings. The highest BCUT2D eigenvalue weighted by molar-refractivity contribution is 5.97. The zero-order valence-corrected chi connectivity index (χ0v) is 20.4. The standard InChI is InChI=1S/C28H31N3O4/c1-19(2)26(30-27(32)23-11-5-20(3)6-12-23)28(33)31-29-17-21-7-15-25(16-8-21)35-18-22-9-13-24(34-4)14-10-22/h5-17,19,26H,18H2,1-4H3,(H,30,32)(H,31,33). The van der Waals surface area contributed by atoms with Crippen molar-refractivity contribution < 1.29 is 19.1 Å². The summed E-state index contributed by atoms with van der Waals surface area (Å²) in [6.07, 6.45) is 1.55. The lowest BCUT2D eigenvalue weighted by atomic mass is 10.0. The second kappa shape index (κ2) is 12.4. The highest BCUT2D eigenvalue weighted by Crippen LogP contribution is 2.16. The van der Waals surface area contributed by atoms with Crippen LogP contribution in [0.15, 0.2) is 77.9 Å². The van der Waals surface area contributed by atoms with Gasteiger partial charge in [-0.1, -0.05) is 43.7 Å². The monoisotopic (exact) mass is 473 g/mol. The van der Waals surface area contributed by atoms with Crippen molar-refractivity contribution in [3.05, 3.63) is 95.1 Å². The van der Waals surface area contributed by atoms with E-state index in [0.717, 1.165) is 28.2 Å². The molecular formula is C28H31N3O4.